The van der Waals surface area contributed by atoms with Crippen LogP contribution in [0.3, 0.4) is 0 Å². The molecular formula is C21H23N3O6. The Morgan fingerprint density at radius 1 is 1.03 bits per heavy atom. The summed E-state index contributed by atoms with van der Waals surface area (Å²) < 4.78 is 4.96. The van der Waals surface area contributed by atoms with Crippen molar-refractivity contribution in [3.63, 3.8) is 0 Å². The van der Waals surface area contributed by atoms with Crippen molar-refractivity contribution >= 4 is 29.6 Å². The highest BCUT2D eigenvalue weighted by molar-refractivity contribution is 6.08. The summed E-state index contributed by atoms with van der Waals surface area (Å²) in [6, 6.07) is 7.18. The fraction of sp³-hybridized carbons (Fsp3) is 0.476. The van der Waals surface area contributed by atoms with Crippen molar-refractivity contribution in [2.75, 3.05) is 6.61 Å². The Hall–Kier alpha value is -3.23. The molecule has 1 aliphatic heterocycles. The van der Waals surface area contributed by atoms with E-state index < -0.39 is 30.4 Å². The number of imide groups is 1. The van der Waals surface area contributed by atoms with Crippen molar-refractivity contribution in [3.05, 3.63) is 35.9 Å². The fourth-order valence-corrected chi connectivity index (χ4v) is 5.00. The maximum Gasteiger partial charge on any atom is 0.329 e. The van der Waals surface area contributed by atoms with Crippen LogP contribution in [0.2, 0.25) is 0 Å². The van der Waals surface area contributed by atoms with Gasteiger partial charge in [0.1, 0.15) is 6.04 Å². The van der Waals surface area contributed by atoms with Gasteiger partial charge in [-0.3, -0.25) is 34.9 Å². The minimum Gasteiger partial charge on any atom is -0.454 e. The van der Waals surface area contributed by atoms with Gasteiger partial charge < -0.3 is 4.74 Å². The number of hydrazine groups is 1. The summed E-state index contributed by atoms with van der Waals surface area (Å²) in [5.74, 6) is -2.89. The topological polar surface area (TPSA) is 122 Å². The molecule has 158 valence electrons. The second-order valence-electron chi connectivity index (χ2n) is 8.08. The summed E-state index contributed by atoms with van der Waals surface area (Å²) >= 11 is 0. The van der Waals surface area contributed by atoms with Gasteiger partial charge in [-0.1, -0.05) is 18.2 Å². The van der Waals surface area contributed by atoms with Crippen LogP contribution in [-0.4, -0.2) is 47.1 Å². The summed E-state index contributed by atoms with van der Waals surface area (Å²) in [5.41, 5.74) is 4.72. The van der Waals surface area contributed by atoms with Crippen molar-refractivity contribution in [2.45, 2.75) is 32.2 Å². The highest BCUT2D eigenvalue weighted by Crippen LogP contribution is 2.56. The lowest BCUT2D eigenvalue weighted by Gasteiger charge is -2.23. The van der Waals surface area contributed by atoms with E-state index in [1.807, 2.05) is 0 Å². The predicted molar refractivity (Wildman–Crippen MR) is 102 cm³/mol. The number of likely N-dealkylation sites (tertiary alicyclic amines) is 1. The van der Waals surface area contributed by atoms with E-state index in [9.17, 15) is 24.0 Å². The first-order valence-corrected chi connectivity index (χ1v) is 10.1. The zero-order valence-corrected chi connectivity index (χ0v) is 16.5. The fourth-order valence-electron chi connectivity index (χ4n) is 5.00. The molecule has 0 aromatic heterocycles. The van der Waals surface area contributed by atoms with Gasteiger partial charge in [-0.15, -0.1) is 0 Å². The molecule has 3 fully saturated rings. The normalized spacial score (nSPS) is 27.6. The van der Waals surface area contributed by atoms with Crippen LogP contribution >= 0.6 is 0 Å². The standard InChI is InChI=1S/C21H23N3O6/c1-11(24-19(27)16-13-7-8-14(9-13)17(16)20(24)28)21(29)30-10-15(25)22-23-18(26)12-5-3-2-4-6-12/h2-6,11,13-14,16-17H,7-10H2,1H3,(H,22,25)(H,23,26)/t11-,13+,14+,16-,17-/m1/s1. The molecule has 0 unspecified atom stereocenters. The highest BCUT2D eigenvalue weighted by atomic mass is 16.5. The number of benzene rings is 1. The second kappa shape index (κ2) is 7.89. The smallest absolute Gasteiger partial charge is 0.329 e. The van der Waals surface area contributed by atoms with Gasteiger partial charge in [-0.2, -0.15) is 0 Å². The van der Waals surface area contributed by atoms with Crippen molar-refractivity contribution < 1.29 is 28.7 Å². The van der Waals surface area contributed by atoms with Gasteiger partial charge in [0.25, 0.3) is 11.8 Å². The second-order valence-corrected chi connectivity index (χ2v) is 8.08. The van der Waals surface area contributed by atoms with Crippen LogP contribution in [0.4, 0.5) is 0 Å². The molecule has 9 nitrogen and oxygen atoms in total. The van der Waals surface area contributed by atoms with E-state index in [0.29, 0.717) is 5.56 Å². The van der Waals surface area contributed by atoms with Gasteiger partial charge in [0, 0.05) is 5.56 Å². The number of hydrogen-bond donors (Lipinski definition) is 2. The maximum atomic E-state index is 12.8. The molecular weight excluding hydrogens is 390 g/mol. The number of rotatable bonds is 5. The van der Waals surface area contributed by atoms with Crippen LogP contribution in [0, 0.1) is 23.7 Å². The third kappa shape index (κ3) is 3.44. The van der Waals surface area contributed by atoms with Gasteiger partial charge in [0.05, 0.1) is 11.8 Å². The van der Waals surface area contributed by atoms with Crippen LogP contribution in [0.15, 0.2) is 30.3 Å². The molecule has 2 saturated carbocycles. The van der Waals surface area contributed by atoms with Crippen LogP contribution in [0.25, 0.3) is 0 Å². The summed E-state index contributed by atoms with van der Waals surface area (Å²) in [5, 5.41) is 0. The SMILES string of the molecule is C[C@H](C(=O)OCC(=O)NNC(=O)c1ccccc1)N1C(=O)[C@@H]2[C@H]3CC[C@@H](C3)[C@H]2C1=O. The molecule has 3 aliphatic rings. The number of carbonyl (C=O) groups is 5. The lowest BCUT2D eigenvalue weighted by Crippen LogP contribution is -2.47. The first-order chi connectivity index (χ1) is 14.4. The molecule has 4 rings (SSSR count). The first kappa shape index (κ1) is 20.1. The van der Waals surface area contributed by atoms with Gasteiger partial charge in [0.15, 0.2) is 6.61 Å². The lowest BCUT2D eigenvalue weighted by atomic mass is 9.81. The molecule has 1 aromatic carbocycles. The van der Waals surface area contributed by atoms with E-state index in [0.717, 1.165) is 24.2 Å². The van der Waals surface area contributed by atoms with Crippen molar-refractivity contribution in [1.82, 2.24) is 15.8 Å². The predicted octanol–water partition coefficient (Wildman–Crippen LogP) is 0.410. The Kier molecular flexibility index (Phi) is 5.27. The molecule has 2 aliphatic carbocycles. The molecule has 0 spiro atoms. The highest BCUT2D eigenvalue weighted by Gasteiger charge is 2.62. The molecule has 2 N–H and O–H groups in total. The molecule has 9 heteroatoms. The van der Waals surface area contributed by atoms with E-state index >= 15 is 0 Å². The summed E-state index contributed by atoms with van der Waals surface area (Å²) in [4.78, 5) is 62.6. The number of nitrogens with one attached hydrogen (secondary N) is 2. The number of amides is 4. The summed E-state index contributed by atoms with van der Waals surface area (Å²) in [6.45, 7) is 0.780. The summed E-state index contributed by atoms with van der Waals surface area (Å²) in [7, 11) is 0. The number of carbonyl (C=O) groups excluding carboxylic acids is 5. The minimum absolute atomic E-state index is 0.226. The third-order valence-corrected chi connectivity index (χ3v) is 6.39. The van der Waals surface area contributed by atoms with E-state index in [1.165, 1.54) is 6.92 Å². The quantitative estimate of drug-likeness (QED) is 0.410. The van der Waals surface area contributed by atoms with Crippen molar-refractivity contribution in [3.8, 4) is 0 Å². The molecule has 5 atom stereocenters. The average Bonchev–Trinajstić information content (AvgIpc) is 3.44. The lowest BCUT2D eigenvalue weighted by molar-refractivity contribution is -0.160. The molecule has 2 bridgehead atoms. The third-order valence-electron chi connectivity index (χ3n) is 6.39. The Balaban J connectivity index is 1.27. The van der Waals surface area contributed by atoms with Crippen LogP contribution in [0.5, 0.6) is 0 Å². The van der Waals surface area contributed by atoms with E-state index in [-0.39, 0.29) is 35.5 Å². The largest absolute Gasteiger partial charge is 0.454 e. The Bertz CT molecular complexity index is 873. The van der Waals surface area contributed by atoms with Crippen LogP contribution in [-0.2, 0) is 23.9 Å². The zero-order chi connectivity index (χ0) is 21.4. The van der Waals surface area contributed by atoms with Gasteiger partial charge >= 0.3 is 5.97 Å². The number of esters is 1. The van der Waals surface area contributed by atoms with E-state index in [1.54, 1.807) is 30.3 Å². The van der Waals surface area contributed by atoms with Crippen LogP contribution < -0.4 is 10.9 Å². The number of nitrogens with zero attached hydrogens (tertiary/aromatic N) is 1. The average molecular weight is 413 g/mol. The van der Waals surface area contributed by atoms with Gasteiger partial charge in [-0.25, -0.2) is 4.79 Å². The molecule has 0 radical (unpaired) electrons. The zero-order valence-electron chi connectivity index (χ0n) is 16.5. The maximum absolute atomic E-state index is 12.8. The number of hydrogen-bond acceptors (Lipinski definition) is 6. The number of ether oxygens (including phenoxy) is 1. The molecule has 1 aromatic rings. The molecule has 4 amide bonds. The number of fused-ring (bicyclic) bond motifs is 5. The Morgan fingerprint density at radius 2 is 1.63 bits per heavy atom. The molecule has 1 heterocycles. The minimum atomic E-state index is -1.10. The Labute approximate surface area is 173 Å². The van der Waals surface area contributed by atoms with E-state index in [2.05, 4.69) is 10.9 Å². The van der Waals surface area contributed by atoms with Gasteiger partial charge in [0.2, 0.25) is 11.8 Å². The van der Waals surface area contributed by atoms with E-state index in [4.69, 9.17) is 4.74 Å². The summed E-state index contributed by atoms with van der Waals surface area (Å²) in [6.07, 6.45) is 2.81. The van der Waals surface area contributed by atoms with Crippen LogP contribution in [0.1, 0.15) is 36.5 Å². The first-order valence-electron chi connectivity index (χ1n) is 10.1. The Morgan fingerprint density at radius 3 is 2.23 bits per heavy atom. The van der Waals surface area contributed by atoms with Gasteiger partial charge in [-0.05, 0) is 50.2 Å². The van der Waals surface area contributed by atoms with Crippen molar-refractivity contribution in [2.24, 2.45) is 23.7 Å². The molecule has 30 heavy (non-hydrogen) atoms. The molecule has 1 saturated heterocycles. The van der Waals surface area contributed by atoms with Crippen molar-refractivity contribution in [1.29, 1.82) is 0 Å². The monoisotopic (exact) mass is 413 g/mol.